The third-order valence-corrected chi connectivity index (χ3v) is 7.17. The molecule has 0 radical (unpaired) electrons. The Hall–Kier alpha value is -0.0100. The number of hydrogen-bond donors (Lipinski definition) is 0. The van der Waals surface area contributed by atoms with Crippen LogP contribution in [0.5, 0.6) is 0 Å². The fourth-order valence-electron chi connectivity index (χ4n) is 4.79. The number of nitrogens with zero attached hydrogens (tertiary/aromatic N) is 1. The van der Waals surface area contributed by atoms with Crippen molar-refractivity contribution in [2.75, 3.05) is 6.54 Å². The van der Waals surface area contributed by atoms with E-state index in [1.807, 2.05) is 0 Å². The van der Waals surface area contributed by atoms with Crippen molar-refractivity contribution in [1.82, 2.24) is 4.90 Å². The molecule has 0 saturated heterocycles. The molecule has 0 aliphatic carbocycles. The Morgan fingerprint density at radius 3 is 1.19 bits per heavy atom. The summed E-state index contributed by atoms with van der Waals surface area (Å²) in [5.74, 6) is 0. The van der Waals surface area contributed by atoms with Crippen LogP contribution >= 0.6 is 11.6 Å². The van der Waals surface area contributed by atoms with Crippen LogP contribution in [0.4, 0.5) is 0 Å². The molecule has 0 amide bonds. The first-order valence-corrected chi connectivity index (χ1v) is 14.6. The minimum atomic E-state index is 0.658. The SMILES string of the molecule is CCCCCCCCCCCC(C)N(C/C=C/Cl)C(C)CCCCCCCCCCC. The van der Waals surface area contributed by atoms with Crippen LogP contribution in [0.3, 0.4) is 0 Å². The standard InChI is InChI=1S/C29H58ClN/c1-5-7-9-11-13-15-17-19-21-24-28(3)31(27-23-26-30)29(4)25-22-20-18-16-14-12-10-8-6-2/h23,26,28-29H,5-22,24-25,27H2,1-4H3/b26-23+. The van der Waals surface area contributed by atoms with Gasteiger partial charge in [-0.3, -0.25) is 4.90 Å². The van der Waals surface area contributed by atoms with Crippen molar-refractivity contribution < 1.29 is 0 Å². The highest BCUT2D eigenvalue weighted by molar-refractivity contribution is 6.25. The highest BCUT2D eigenvalue weighted by atomic mass is 35.5. The molecule has 0 saturated carbocycles. The van der Waals surface area contributed by atoms with Gasteiger partial charge in [0.05, 0.1) is 0 Å². The zero-order valence-corrected chi connectivity index (χ0v) is 22.7. The van der Waals surface area contributed by atoms with Gasteiger partial charge < -0.3 is 0 Å². The molecular weight excluding hydrogens is 398 g/mol. The lowest BCUT2D eigenvalue weighted by atomic mass is 10.0. The fraction of sp³-hybridized carbons (Fsp3) is 0.931. The van der Waals surface area contributed by atoms with Crippen molar-refractivity contribution in [3.63, 3.8) is 0 Å². The monoisotopic (exact) mass is 455 g/mol. The van der Waals surface area contributed by atoms with E-state index in [0.29, 0.717) is 12.1 Å². The van der Waals surface area contributed by atoms with Gasteiger partial charge in [-0.15, -0.1) is 0 Å². The normalized spacial score (nSPS) is 14.0. The van der Waals surface area contributed by atoms with Gasteiger partial charge in [-0.05, 0) is 26.7 Å². The zero-order chi connectivity index (χ0) is 23.0. The smallest absolute Gasteiger partial charge is 0.0180 e. The summed E-state index contributed by atoms with van der Waals surface area (Å²) in [5.41, 5.74) is 1.70. The predicted octanol–water partition coefficient (Wildman–Crippen LogP) is 10.7. The van der Waals surface area contributed by atoms with Crippen molar-refractivity contribution in [1.29, 1.82) is 0 Å². The van der Waals surface area contributed by atoms with Crippen molar-refractivity contribution >= 4 is 11.6 Å². The molecule has 0 N–H and O–H groups in total. The van der Waals surface area contributed by atoms with Crippen LogP contribution in [-0.2, 0) is 0 Å². The number of hydrogen-bond acceptors (Lipinski definition) is 1. The molecule has 0 aromatic rings. The third kappa shape index (κ3) is 20.3. The molecule has 2 unspecified atom stereocenters. The molecule has 2 atom stereocenters. The lowest BCUT2D eigenvalue weighted by Gasteiger charge is -2.34. The molecule has 0 heterocycles. The highest BCUT2D eigenvalue weighted by Gasteiger charge is 2.18. The van der Waals surface area contributed by atoms with Crippen molar-refractivity contribution in [2.45, 2.75) is 168 Å². The molecule has 0 aromatic carbocycles. The van der Waals surface area contributed by atoms with Crippen molar-refractivity contribution in [3.8, 4) is 0 Å². The van der Waals surface area contributed by atoms with Crippen LogP contribution in [-0.4, -0.2) is 23.5 Å². The molecule has 0 aliphatic heterocycles. The van der Waals surface area contributed by atoms with Crippen molar-refractivity contribution in [3.05, 3.63) is 11.6 Å². The van der Waals surface area contributed by atoms with Gasteiger partial charge >= 0.3 is 0 Å². The van der Waals surface area contributed by atoms with Crippen molar-refractivity contribution in [2.24, 2.45) is 0 Å². The first-order chi connectivity index (χ1) is 15.2. The molecule has 0 spiro atoms. The Kier molecular flexibility index (Phi) is 24.6. The second kappa shape index (κ2) is 24.6. The van der Waals surface area contributed by atoms with E-state index in [2.05, 4.69) is 38.7 Å². The minimum absolute atomic E-state index is 0.658. The Morgan fingerprint density at radius 2 is 0.871 bits per heavy atom. The maximum atomic E-state index is 5.86. The van der Waals surface area contributed by atoms with Crippen LogP contribution in [0.25, 0.3) is 0 Å². The van der Waals surface area contributed by atoms with E-state index in [1.165, 1.54) is 128 Å². The van der Waals surface area contributed by atoms with Crippen LogP contribution in [0, 0.1) is 0 Å². The Morgan fingerprint density at radius 1 is 0.548 bits per heavy atom. The zero-order valence-electron chi connectivity index (χ0n) is 22.0. The van der Waals surface area contributed by atoms with Gasteiger partial charge in [0, 0.05) is 24.2 Å². The Labute approximate surface area is 202 Å². The minimum Gasteiger partial charge on any atom is -0.294 e. The molecule has 0 aromatic heterocycles. The summed E-state index contributed by atoms with van der Waals surface area (Å²) in [5, 5.41) is 0. The maximum absolute atomic E-state index is 5.86. The van der Waals surface area contributed by atoms with Gasteiger partial charge in [0.15, 0.2) is 0 Å². The molecule has 31 heavy (non-hydrogen) atoms. The van der Waals surface area contributed by atoms with Crippen LogP contribution in [0.15, 0.2) is 11.6 Å². The largest absolute Gasteiger partial charge is 0.294 e. The summed E-state index contributed by atoms with van der Waals surface area (Å²) in [6.07, 6.45) is 30.3. The fourth-order valence-corrected chi connectivity index (χ4v) is 4.87. The summed E-state index contributed by atoms with van der Waals surface area (Å²) in [4.78, 5) is 2.69. The van der Waals surface area contributed by atoms with E-state index in [1.54, 1.807) is 5.54 Å². The summed E-state index contributed by atoms with van der Waals surface area (Å²) in [7, 11) is 0. The van der Waals surface area contributed by atoms with E-state index >= 15 is 0 Å². The van der Waals surface area contributed by atoms with Gasteiger partial charge in [-0.25, -0.2) is 0 Å². The second-order valence-corrected chi connectivity index (χ2v) is 10.2. The molecule has 1 nitrogen and oxygen atoms in total. The molecule has 0 aliphatic rings. The summed E-state index contributed by atoms with van der Waals surface area (Å²) in [6, 6.07) is 1.32. The van der Waals surface area contributed by atoms with Crippen LogP contribution in [0.1, 0.15) is 156 Å². The lowest BCUT2D eigenvalue weighted by molar-refractivity contribution is 0.152. The maximum Gasteiger partial charge on any atom is 0.0180 e. The van der Waals surface area contributed by atoms with Crippen LogP contribution in [0.2, 0.25) is 0 Å². The Bertz CT molecular complexity index is 340. The molecule has 186 valence electrons. The van der Waals surface area contributed by atoms with E-state index in [-0.39, 0.29) is 0 Å². The van der Waals surface area contributed by atoms with Gasteiger partial charge in [0.25, 0.3) is 0 Å². The number of unbranched alkanes of at least 4 members (excludes halogenated alkanes) is 16. The average molecular weight is 456 g/mol. The van der Waals surface area contributed by atoms with E-state index in [4.69, 9.17) is 11.6 Å². The third-order valence-electron chi connectivity index (χ3n) is 6.99. The van der Waals surface area contributed by atoms with E-state index in [0.717, 1.165) is 6.54 Å². The van der Waals surface area contributed by atoms with Gasteiger partial charge in [0.1, 0.15) is 0 Å². The van der Waals surface area contributed by atoms with Gasteiger partial charge in [0.2, 0.25) is 0 Å². The average Bonchev–Trinajstić information content (AvgIpc) is 2.77. The van der Waals surface area contributed by atoms with E-state index < -0.39 is 0 Å². The van der Waals surface area contributed by atoms with E-state index in [9.17, 15) is 0 Å². The van der Waals surface area contributed by atoms with Crippen LogP contribution < -0.4 is 0 Å². The molecule has 0 bridgehead atoms. The molecular formula is C29H58ClN. The highest BCUT2D eigenvalue weighted by Crippen LogP contribution is 2.19. The first-order valence-electron chi connectivity index (χ1n) is 14.2. The predicted molar refractivity (Wildman–Crippen MR) is 144 cm³/mol. The lowest BCUT2D eigenvalue weighted by Crippen LogP contribution is -2.40. The number of rotatable bonds is 24. The summed E-state index contributed by atoms with van der Waals surface area (Å²) < 4.78 is 0. The molecule has 0 rings (SSSR count). The second-order valence-electron chi connectivity index (χ2n) is 9.99. The van der Waals surface area contributed by atoms with Gasteiger partial charge in [-0.2, -0.15) is 0 Å². The summed E-state index contributed by atoms with van der Waals surface area (Å²) in [6.45, 7) is 10.5. The molecule has 2 heteroatoms. The topological polar surface area (TPSA) is 3.24 Å². The number of halogens is 1. The quantitative estimate of drug-likeness (QED) is 0.131. The first kappa shape index (κ1) is 31.0. The van der Waals surface area contributed by atoms with Gasteiger partial charge in [-0.1, -0.05) is 147 Å². The molecule has 0 fully saturated rings. The Balaban J connectivity index is 3.94. The summed E-state index contributed by atoms with van der Waals surface area (Å²) >= 11 is 5.86.